The van der Waals surface area contributed by atoms with E-state index in [0.29, 0.717) is 5.56 Å². The molecule has 4 N–H and O–H groups in total. The van der Waals surface area contributed by atoms with Crippen molar-refractivity contribution in [2.45, 2.75) is 12.5 Å². The van der Waals surface area contributed by atoms with Gasteiger partial charge >= 0.3 is 29.0 Å². The molecule has 6 heteroatoms. The summed E-state index contributed by atoms with van der Waals surface area (Å²) in [5, 5.41) is 35.4. The van der Waals surface area contributed by atoms with Gasteiger partial charge in [0.2, 0.25) is 0 Å². The van der Waals surface area contributed by atoms with E-state index < -0.39 is 12.1 Å². The van der Waals surface area contributed by atoms with Gasteiger partial charge in [0.25, 0.3) is 0 Å². The van der Waals surface area contributed by atoms with Crippen molar-refractivity contribution in [3.05, 3.63) is 23.8 Å². The van der Waals surface area contributed by atoms with Crippen LogP contribution in [0.5, 0.6) is 11.5 Å². The number of benzene rings is 1. The number of carbonyl (C=O) groups is 1. The van der Waals surface area contributed by atoms with Crippen LogP contribution in [0.4, 0.5) is 0 Å². The maximum absolute atomic E-state index is 10.3. The van der Waals surface area contributed by atoms with Crippen molar-refractivity contribution in [3.8, 4) is 11.5 Å². The maximum atomic E-state index is 10.3. The molecule has 5 nitrogen and oxygen atoms in total. The number of hydrogen-bond donors (Lipinski definition) is 4. The van der Waals surface area contributed by atoms with E-state index >= 15 is 0 Å². The fourth-order valence-corrected chi connectivity index (χ4v) is 1.01. The Morgan fingerprint density at radius 2 is 1.87 bits per heavy atom. The summed E-state index contributed by atoms with van der Waals surface area (Å²) in [7, 11) is 0. The molecule has 0 fully saturated rings. The van der Waals surface area contributed by atoms with Crippen molar-refractivity contribution in [1.29, 1.82) is 0 Å². The first kappa shape index (κ1) is 14.0. The monoisotopic (exact) mass is 222 g/mol. The Labute approximate surface area is 102 Å². The molecule has 0 radical (unpaired) electrons. The summed E-state index contributed by atoms with van der Waals surface area (Å²) in [6.45, 7) is 0. The molecule has 0 aliphatic carbocycles. The average Bonchev–Trinajstić information content (AvgIpc) is 2.11. The van der Waals surface area contributed by atoms with Crippen molar-refractivity contribution in [3.63, 3.8) is 0 Å². The van der Waals surface area contributed by atoms with E-state index in [2.05, 4.69) is 0 Å². The third-order valence-corrected chi connectivity index (χ3v) is 1.75. The molecule has 1 atom stereocenters. The Bertz CT molecular complexity index is 352. The Balaban J connectivity index is 0.00000196. The van der Waals surface area contributed by atoms with Crippen molar-refractivity contribution >= 4 is 29.0 Å². The summed E-state index contributed by atoms with van der Waals surface area (Å²) in [6, 6.07) is 3.88. The van der Waals surface area contributed by atoms with Gasteiger partial charge in [0.1, 0.15) is 0 Å². The molecule has 0 heterocycles. The van der Waals surface area contributed by atoms with Crippen LogP contribution in [0.25, 0.3) is 0 Å². The number of rotatable bonds is 3. The van der Waals surface area contributed by atoms with Crippen LogP contribution in [0.2, 0.25) is 0 Å². The zero-order chi connectivity index (χ0) is 10.7. The van der Waals surface area contributed by atoms with Crippen molar-refractivity contribution < 1.29 is 25.2 Å². The number of hydrogen-bond acceptors (Lipinski definition) is 4. The first-order valence-corrected chi connectivity index (χ1v) is 3.92. The fourth-order valence-electron chi connectivity index (χ4n) is 1.01. The van der Waals surface area contributed by atoms with Crippen LogP contribution < -0.4 is 0 Å². The van der Waals surface area contributed by atoms with E-state index in [1.165, 1.54) is 18.2 Å². The molecular formula is C9H10MgO5+2. The van der Waals surface area contributed by atoms with E-state index in [9.17, 15) is 4.79 Å². The van der Waals surface area contributed by atoms with Gasteiger partial charge in [0.05, 0.1) is 0 Å². The zero-order valence-electron chi connectivity index (χ0n) is 7.92. The number of carboxylic acid groups (broad SMARTS) is 1. The number of carboxylic acids is 1. The van der Waals surface area contributed by atoms with E-state index in [1.807, 2.05) is 0 Å². The van der Waals surface area contributed by atoms with E-state index in [4.69, 9.17) is 20.4 Å². The number of aliphatic hydroxyl groups excluding tert-OH is 1. The average molecular weight is 222 g/mol. The largest absolute Gasteiger partial charge is 2.00 e. The van der Waals surface area contributed by atoms with Crippen LogP contribution in [0.15, 0.2) is 18.2 Å². The quantitative estimate of drug-likeness (QED) is 0.416. The van der Waals surface area contributed by atoms with Crippen molar-refractivity contribution in [2.24, 2.45) is 0 Å². The second-order valence-electron chi connectivity index (χ2n) is 2.88. The van der Waals surface area contributed by atoms with Crippen molar-refractivity contribution in [2.75, 3.05) is 0 Å². The molecule has 15 heavy (non-hydrogen) atoms. The topological polar surface area (TPSA) is 98.0 Å². The minimum atomic E-state index is -1.50. The number of phenolic OH excluding ortho intramolecular Hbond substituents is 2. The van der Waals surface area contributed by atoms with E-state index in [-0.39, 0.29) is 41.0 Å². The number of aromatic hydroxyl groups is 2. The van der Waals surface area contributed by atoms with Crippen LogP contribution in [0.3, 0.4) is 0 Å². The zero-order valence-corrected chi connectivity index (χ0v) is 9.33. The van der Waals surface area contributed by atoms with Gasteiger partial charge in [-0.05, 0) is 17.7 Å². The predicted molar refractivity (Wildman–Crippen MR) is 52.9 cm³/mol. The van der Waals surface area contributed by atoms with Crippen LogP contribution in [-0.4, -0.2) is 55.6 Å². The molecule has 0 bridgehead atoms. The third kappa shape index (κ3) is 3.94. The molecule has 0 aliphatic heterocycles. The molecule has 1 aromatic rings. The number of aliphatic hydroxyl groups is 1. The normalized spacial score (nSPS) is 11.5. The smallest absolute Gasteiger partial charge is 0.504 e. The molecule has 1 aromatic carbocycles. The second kappa shape index (κ2) is 5.79. The summed E-state index contributed by atoms with van der Waals surface area (Å²) < 4.78 is 0. The van der Waals surface area contributed by atoms with Gasteiger partial charge in [-0.25, -0.2) is 4.79 Å². The molecule has 0 spiro atoms. The molecule has 1 unspecified atom stereocenters. The van der Waals surface area contributed by atoms with Crippen LogP contribution in [-0.2, 0) is 11.2 Å². The van der Waals surface area contributed by atoms with Crippen LogP contribution in [0, 0.1) is 0 Å². The van der Waals surface area contributed by atoms with Crippen LogP contribution in [0.1, 0.15) is 5.56 Å². The Morgan fingerprint density at radius 1 is 1.27 bits per heavy atom. The molecular weight excluding hydrogens is 212 g/mol. The Morgan fingerprint density at radius 3 is 2.33 bits per heavy atom. The minimum absolute atomic E-state index is 0. The number of phenols is 2. The first-order valence-electron chi connectivity index (χ1n) is 3.92. The first-order chi connectivity index (χ1) is 6.50. The molecule has 76 valence electrons. The molecule has 1 rings (SSSR count). The second-order valence-corrected chi connectivity index (χ2v) is 2.88. The minimum Gasteiger partial charge on any atom is -0.504 e. The molecule has 0 amide bonds. The SMILES string of the molecule is O=C(O)C(O)Cc1ccc(O)c(O)c1.[Mg+2]. The van der Waals surface area contributed by atoms with Gasteiger partial charge < -0.3 is 20.4 Å². The summed E-state index contributed by atoms with van der Waals surface area (Å²) in [5.41, 5.74) is 0.440. The van der Waals surface area contributed by atoms with Gasteiger partial charge in [-0.3, -0.25) is 0 Å². The van der Waals surface area contributed by atoms with E-state index in [0.717, 1.165) is 0 Å². The summed E-state index contributed by atoms with van der Waals surface area (Å²) >= 11 is 0. The third-order valence-electron chi connectivity index (χ3n) is 1.75. The molecule has 0 aromatic heterocycles. The standard InChI is InChI=1S/C9H10O5.Mg/c10-6-2-1-5(3-7(6)11)4-8(12)9(13)14;/h1-3,8,10-12H,4H2,(H,13,14);/q;+2. The van der Waals surface area contributed by atoms with Gasteiger partial charge in [0.15, 0.2) is 17.6 Å². The summed E-state index contributed by atoms with van der Waals surface area (Å²) in [5.74, 6) is -1.93. The fraction of sp³-hybridized carbons (Fsp3) is 0.222. The van der Waals surface area contributed by atoms with Gasteiger partial charge in [-0.2, -0.15) is 0 Å². The molecule has 0 saturated heterocycles. The Hall–Kier alpha value is -0.984. The molecule has 0 aliphatic rings. The van der Waals surface area contributed by atoms with Crippen molar-refractivity contribution in [1.82, 2.24) is 0 Å². The molecule has 0 saturated carbocycles. The van der Waals surface area contributed by atoms with E-state index in [1.54, 1.807) is 0 Å². The Kier molecular flexibility index (Phi) is 5.41. The number of aliphatic carboxylic acids is 1. The summed E-state index contributed by atoms with van der Waals surface area (Å²) in [4.78, 5) is 10.3. The van der Waals surface area contributed by atoms with Crippen LogP contribution >= 0.6 is 0 Å². The predicted octanol–water partition coefficient (Wildman–Crippen LogP) is -0.295. The van der Waals surface area contributed by atoms with Gasteiger partial charge in [-0.1, -0.05) is 6.07 Å². The summed E-state index contributed by atoms with van der Waals surface area (Å²) in [6.07, 6.45) is -1.61. The van der Waals surface area contributed by atoms with Gasteiger partial charge in [0, 0.05) is 6.42 Å². The van der Waals surface area contributed by atoms with Gasteiger partial charge in [-0.15, -0.1) is 0 Å². The maximum Gasteiger partial charge on any atom is 2.00 e.